The second kappa shape index (κ2) is 16.4. The van der Waals surface area contributed by atoms with Crippen LogP contribution in [-0.4, -0.2) is 91.5 Å². The lowest BCUT2D eigenvalue weighted by atomic mass is 9.78. The van der Waals surface area contributed by atoms with Gasteiger partial charge in [-0.15, -0.1) is 0 Å². The van der Waals surface area contributed by atoms with Crippen LogP contribution in [0.4, 0.5) is 0 Å². The van der Waals surface area contributed by atoms with E-state index < -0.39 is 11.4 Å². The molecule has 3 amide bonds. The van der Waals surface area contributed by atoms with Gasteiger partial charge in [-0.2, -0.15) is 5.10 Å². The topological polar surface area (TPSA) is 141 Å². The molecule has 1 aliphatic carbocycles. The number of aromatic nitrogens is 2. The van der Waals surface area contributed by atoms with E-state index in [1.54, 1.807) is 42.8 Å². The highest BCUT2D eigenvalue weighted by molar-refractivity contribution is 5.94. The van der Waals surface area contributed by atoms with E-state index in [-0.39, 0.29) is 43.9 Å². The van der Waals surface area contributed by atoms with E-state index >= 15 is 0 Å². The number of methoxy groups -OCH3 is 1. The minimum atomic E-state index is -1.05. The molecule has 1 unspecified atom stereocenters. The molecule has 2 aromatic rings. The van der Waals surface area contributed by atoms with Gasteiger partial charge in [0.2, 0.25) is 5.91 Å². The first-order chi connectivity index (χ1) is 21.8. The van der Waals surface area contributed by atoms with Crippen LogP contribution in [-0.2, 0) is 50.2 Å². The van der Waals surface area contributed by atoms with E-state index in [1.807, 2.05) is 12.1 Å². The summed E-state index contributed by atoms with van der Waals surface area (Å²) in [6.07, 6.45) is 5.59. The lowest BCUT2D eigenvalue weighted by Gasteiger charge is -2.32. The van der Waals surface area contributed by atoms with Crippen LogP contribution in [0.3, 0.4) is 0 Å². The van der Waals surface area contributed by atoms with Crippen molar-refractivity contribution in [2.45, 2.75) is 64.7 Å². The fourth-order valence-corrected chi connectivity index (χ4v) is 6.06. The maximum absolute atomic E-state index is 13.9. The molecule has 12 nitrogen and oxygen atoms in total. The van der Waals surface area contributed by atoms with Gasteiger partial charge in [0.05, 0.1) is 17.7 Å². The van der Waals surface area contributed by atoms with Crippen molar-refractivity contribution in [1.29, 1.82) is 0 Å². The van der Waals surface area contributed by atoms with Gasteiger partial charge < -0.3 is 29.7 Å². The highest BCUT2D eigenvalue weighted by Crippen LogP contribution is 2.30. The summed E-state index contributed by atoms with van der Waals surface area (Å²) in [4.78, 5) is 54.6. The molecular formula is C33H47N5O7. The number of carbonyl (C=O) groups excluding carboxylic acids is 4. The van der Waals surface area contributed by atoms with Gasteiger partial charge in [0.25, 0.3) is 11.8 Å². The number of rotatable bonds is 6. The van der Waals surface area contributed by atoms with Crippen molar-refractivity contribution in [3.63, 3.8) is 0 Å². The van der Waals surface area contributed by atoms with Crippen LogP contribution in [0.5, 0.6) is 5.75 Å². The van der Waals surface area contributed by atoms with E-state index in [1.165, 1.54) is 0 Å². The number of nitrogens with one attached hydrogen (secondary N) is 2. The predicted molar refractivity (Wildman–Crippen MR) is 167 cm³/mol. The van der Waals surface area contributed by atoms with Gasteiger partial charge in [-0.1, -0.05) is 12.1 Å². The lowest BCUT2D eigenvalue weighted by Crippen LogP contribution is -2.46. The molecule has 3 aliphatic rings. The average molecular weight is 626 g/mol. The number of esters is 1. The van der Waals surface area contributed by atoms with Crippen molar-refractivity contribution in [3.05, 3.63) is 46.8 Å². The Morgan fingerprint density at radius 1 is 1.00 bits per heavy atom. The summed E-state index contributed by atoms with van der Waals surface area (Å²) < 4.78 is 18.2. The Balaban J connectivity index is 1.55. The van der Waals surface area contributed by atoms with Crippen LogP contribution in [0.2, 0.25) is 0 Å². The summed E-state index contributed by atoms with van der Waals surface area (Å²) in [6.45, 7) is 3.36. The van der Waals surface area contributed by atoms with Gasteiger partial charge in [0, 0.05) is 58.9 Å². The summed E-state index contributed by atoms with van der Waals surface area (Å²) in [6, 6.07) is 7.21. The Hall–Kier alpha value is -3.93. The van der Waals surface area contributed by atoms with Crippen molar-refractivity contribution < 1.29 is 33.4 Å². The number of amides is 3. The van der Waals surface area contributed by atoms with Gasteiger partial charge in [-0.3, -0.25) is 23.9 Å². The van der Waals surface area contributed by atoms with Crippen LogP contribution in [0.15, 0.2) is 24.3 Å². The maximum Gasteiger partial charge on any atom is 0.314 e. The first kappa shape index (κ1) is 34.0. The second-order valence-electron chi connectivity index (χ2n) is 11.8. The Kier molecular flexibility index (Phi) is 12.4. The number of benzene rings is 1. The summed E-state index contributed by atoms with van der Waals surface area (Å²) >= 11 is 0. The molecule has 12 heteroatoms. The summed E-state index contributed by atoms with van der Waals surface area (Å²) in [5.41, 5.74) is 2.41. The first-order valence-electron chi connectivity index (χ1n) is 16.0. The molecule has 3 heterocycles. The number of aryl methyl sites for hydroxylation is 2. The molecular weight excluding hydrogens is 578 g/mol. The van der Waals surface area contributed by atoms with Crippen LogP contribution in [0.25, 0.3) is 0 Å². The molecule has 0 saturated heterocycles. The number of carbonyl (C=O) groups is 4. The lowest BCUT2D eigenvalue weighted by molar-refractivity contribution is -0.156. The number of hydrogen-bond acceptors (Lipinski definition) is 8. The van der Waals surface area contributed by atoms with Gasteiger partial charge in [-0.05, 0) is 76.0 Å². The highest BCUT2D eigenvalue weighted by atomic mass is 16.5. The van der Waals surface area contributed by atoms with Crippen molar-refractivity contribution in [3.8, 4) is 5.75 Å². The molecule has 1 aromatic carbocycles. The van der Waals surface area contributed by atoms with Crippen molar-refractivity contribution in [2.75, 3.05) is 53.1 Å². The Morgan fingerprint density at radius 3 is 2.51 bits per heavy atom. The Bertz CT molecular complexity index is 1330. The summed E-state index contributed by atoms with van der Waals surface area (Å²) in [5.74, 6) is -0.472. The Morgan fingerprint density at radius 2 is 1.76 bits per heavy atom. The van der Waals surface area contributed by atoms with Crippen LogP contribution >= 0.6 is 0 Å². The molecule has 2 aliphatic heterocycles. The number of nitrogens with zero attached hydrogens (tertiary/aromatic N) is 3. The molecule has 1 atom stereocenters. The highest BCUT2D eigenvalue weighted by Gasteiger charge is 2.40. The predicted octanol–water partition coefficient (Wildman–Crippen LogP) is 2.36. The van der Waals surface area contributed by atoms with Gasteiger partial charge in [-0.25, -0.2) is 0 Å². The monoisotopic (exact) mass is 625 g/mol. The fourth-order valence-electron chi connectivity index (χ4n) is 6.06. The van der Waals surface area contributed by atoms with Crippen molar-refractivity contribution in [1.82, 2.24) is 25.3 Å². The third kappa shape index (κ3) is 9.06. The third-order valence-corrected chi connectivity index (χ3v) is 8.52. The van der Waals surface area contributed by atoms with Crippen molar-refractivity contribution in [2.24, 2.45) is 12.5 Å². The number of hydrogen-bond donors (Lipinski definition) is 2. The molecule has 0 radical (unpaired) electrons. The molecule has 1 aromatic heterocycles. The molecule has 0 spiro atoms. The second-order valence-corrected chi connectivity index (χ2v) is 11.8. The largest absolute Gasteiger partial charge is 0.484 e. The van der Waals surface area contributed by atoms with E-state index in [4.69, 9.17) is 14.2 Å². The zero-order valence-corrected chi connectivity index (χ0v) is 26.8. The first-order valence-corrected chi connectivity index (χ1v) is 16.0. The molecule has 45 heavy (non-hydrogen) atoms. The molecule has 246 valence electrons. The molecule has 2 N–H and O–H groups in total. The average Bonchev–Trinajstić information content (AvgIpc) is 3.38. The molecule has 5 rings (SSSR count). The van der Waals surface area contributed by atoms with Crippen LogP contribution in [0.1, 0.15) is 72.8 Å². The van der Waals surface area contributed by atoms with Crippen molar-refractivity contribution >= 4 is 23.7 Å². The van der Waals surface area contributed by atoms with Gasteiger partial charge >= 0.3 is 5.97 Å². The summed E-state index contributed by atoms with van der Waals surface area (Å²) in [5, 5.41) is 10.5. The van der Waals surface area contributed by atoms with Crippen LogP contribution in [0, 0.1) is 5.41 Å². The normalized spacial score (nSPS) is 20.4. The fraction of sp³-hybridized carbons (Fsp3) is 0.606. The van der Waals surface area contributed by atoms with E-state index in [0.717, 1.165) is 42.5 Å². The van der Waals surface area contributed by atoms with E-state index in [0.29, 0.717) is 63.4 Å². The van der Waals surface area contributed by atoms with E-state index in [2.05, 4.69) is 15.7 Å². The molecule has 2 bridgehead atoms. The smallest absolute Gasteiger partial charge is 0.314 e. The minimum Gasteiger partial charge on any atom is -0.484 e. The van der Waals surface area contributed by atoms with E-state index in [9.17, 15) is 19.2 Å². The third-order valence-electron chi connectivity index (χ3n) is 8.52. The number of fused-ring (bicyclic) bond motifs is 18. The maximum atomic E-state index is 13.9. The minimum absolute atomic E-state index is 0.0796. The zero-order chi connectivity index (χ0) is 32.2. The quantitative estimate of drug-likeness (QED) is 0.467. The van der Waals surface area contributed by atoms with Crippen LogP contribution < -0.4 is 15.4 Å². The molecule has 0 fully saturated rings. The zero-order valence-electron chi connectivity index (χ0n) is 26.8. The summed E-state index contributed by atoms with van der Waals surface area (Å²) in [7, 11) is 3.37. The van der Waals surface area contributed by atoms with Gasteiger partial charge in [0.15, 0.2) is 6.61 Å². The van der Waals surface area contributed by atoms with Gasteiger partial charge in [0.1, 0.15) is 11.4 Å². The molecule has 0 saturated carbocycles. The standard InChI is InChI=1S/C33H47N5O7/c1-4-44-32(42)33(16-20-43-3)21-24-12-14-25(15-13-24)45-22-29(40)34-17-8-19-38(18-7-11-28(39)35-23-33)31(41)30-26-9-5-6-10-27(26)36-37(30)2/h12-15H,4-11,16-23H2,1-3H3,(H,34,40)(H,35,39). The number of ether oxygens (including phenoxy) is 3. The SMILES string of the molecule is CCOC(=O)C1(CCOC)CNC(=O)CCCN(C(=O)c2c3c(nn2C)CCCC3)CCCNC(=O)COc2ccc(cc2)C1. The Labute approximate surface area is 265 Å².